The van der Waals surface area contributed by atoms with Gasteiger partial charge in [0.25, 0.3) is 11.1 Å². The van der Waals surface area contributed by atoms with Gasteiger partial charge in [-0.3, -0.25) is 14.4 Å². The molecule has 0 bridgehead atoms. The average molecular weight is 359 g/mol. The average Bonchev–Trinajstić information content (AvgIpc) is 2.61. The monoisotopic (exact) mass is 359 g/mol. The molecule has 3 amide bonds. The van der Waals surface area contributed by atoms with Crippen molar-refractivity contribution >= 4 is 28.8 Å². The van der Waals surface area contributed by atoms with Crippen LogP contribution in [0.2, 0.25) is 0 Å². The minimum absolute atomic E-state index is 0.252. The number of hydrogen-bond acceptors (Lipinski definition) is 4. The van der Waals surface area contributed by atoms with Crippen LogP contribution in [0.4, 0.5) is 4.79 Å². The first-order chi connectivity index (χ1) is 12.1. The van der Waals surface area contributed by atoms with Crippen molar-refractivity contribution < 1.29 is 19.0 Å². The summed E-state index contributed by atoms with van der Waals surface area (Å²) in [5.74, 6) is -1.08. The maximum atomic E-state index is 12.1. The fraction of sp³-hybridized carbons (Fsp3) is 0.176. The predicted molar refractivity (Wildman–Crippen MR) is 93.9 cm³/mol. The fourth-order valence-corrected chi connectivity index (χ4v) is 2.80. The van der Waals surface area contributed by atoms with Gasteiger partial charge in [0.1, 0.15) is 0 Å². The molecule has 0 aliphatic heterocycles. The van der Waals surface area contributed by atoms with Crippen LogP contribution < -0.4 is 20.9 Å². The predicted octanol–water partition coefficient (Wildman–Crippen LogP) is 0.691. The van der Waals surface area contributed by atoms with Crippen molar-refractivity contribution in [1.82, 2.24) is 10.6 Å². The first kappa shape index (κ1) is 18.5. The zero-order valence-electron chi connectivity index (χ0n) is 13.5. The third-order valence-electron chi connectivity index (χ3n) is 3.17. The van der Waals surface area contributed by atoms with Crippen molar-refractivity contribution in [2.75, 3.05) is 13.1 Å². The lowest BCUT2D eigenvalue weighted by Gasteiger charge is -2.09. The van der Waals surface area contributed by atoms with Gasteiger partial charge in [0.15, 0.2) is 18.9 Å². The van der Waals surface area contributed by atoms with Gasteiger partial charge in [0, 0.05) is 17.0 Å². The number of nitrogens with zero attached hydrogens (tertiary/aromatic N) is 1. The van der Waals surface area contributed by atoms with E-state index in [9.17, 15) is 14.4 Å². The van der Waals surface area contributed by atoms with Crippen LogP contribution in [0, 0.1) is 0 Å². The van der Waals surface area contributed by atoms with Gasteiger partial charge in [-0.05, 0) is 23.9 Å². The number of carbonyl (C=O) groups excluding carboxylic acids is 3. The van der Waals surface area contributed by atoms with E-state index in [4.69, 9.17) is 5.73 Å². The number of amides is 3. The summed E-state index contributed by atoms with van der Waals surface area (Å²) in [4.78, 5) is 35.4. The lowest BCUT2D eigenvalue weighted by molar-refractivity contribution is -0.694. The molecule has 1 heterocycles. The summed E-state index contributed by atoms with van der Waals surface area (Å²) in [5, 5.41) is 4.95. The van der Waals surface area contributed by atoms with Gasteiger partial charge in [0.2, 0.25) is 5.91 Å². The zero-order valence-corrected chi connectivity index (χ0v) is 14.3. The van der Waals surface area contributed by atoms with Crippen LogP contribution in [0.3, 0.4) is 0 Å². The van der Waals surface area contributed by atoms with Crippen molar-refractivity contribution in [2.45, 2.75) is 11.4 Å². The maximum Gasteiger partial charge on any atom is 0.284 e. The Morgan fingerprint density at radius 3 is 2.44 bits per heavy atom. The molecule has 25 heavy (non-hydrogen) atoms. The molecule has 0 fully saturated rings. The Hall–Kier alpha value is -2.87. The minimum atomic E-state index is -0.630. The number of rotatable bonds is 7. The number of pyridine rings is 1. The van der Waals surface area contributed by atoms with Gasteiger partial charge >= 0.3 is 0 Å². The van der Waals surface area contributed by atoms with Gasteiger partial charge in [-0.25, -0.2) is 4.57 Å². The first-order valence-electron chi connectivity index (χ1n) is 7.61. The molecule has 0 saturated carbocycles. The van der Waals surface area contributed by atoms with E-state index >= 15 is 0 Å². The molecular weight excluding hydrogens is 340 g/mol. The quantitative estimate of drug-likeness (QED) is 0.500. The van der Waals surface area contributed by atoms with Crippen LogP contribution in [0.25, 0.3) is 0 Å². The van der Waals surface area contributed by atoms with E-state index in [1.165, 1.54) is 0 Å². The van der Waals surface area contributed by atoms with Crippen molar-refractivity contribution in [1.29, 1.82) is 0 Å². The van der Waals surface area contributed by atoms with Crippen LogP contribution in [0.15, 0.2) is 59.8 Å². The second-order valence-electron chi connectivity index (χ2n) is 5.07. The Kier molecular flexibility index (Phi) is 6.97. The molecule has 0 aliphatic rings. The summed E-state index contributed by atoms with van der Waals surface area (Å²) < 4.78 is 1.95. The smallest absolute Gasteiger partial charge is 0.284 e. The van der Waals surface area contributed by atoms with E-state index in [1.54, 1.807) is 24.3 Å². The standard InChI is InChI=1S/C17H18N4O3S/c18-15(22)12-20-16(23)13-6-2-3-7-14(13)25-17(24)19-8-11-21-9-4-1-5-10-21/h1-7,9-10H,8,11-12H2,(H3-,18,19,20,22,23,24)/p+1. The molecule has 0 atom stereocenters. The highest BCUT2D eigenvalue weighted by Gasteiger charge is 2.15. The molecule has 0 radical (unpaired) electrons. The van der Waals surface area contributed by atoms with Gasteiger partial charge in [-0.15, -0.1) is 0 Å². The van der Waals surface area contributed by atoms with E-state index < -0.39 is 11.8 Å². The Bertz CT molecular complexity index is 753. The summed E-state index contributed by atoms with van der Waals surface area (Å²) in [5.41, 5.74) is 5.34. The largest absolute Gasteiger partial charge is 0.368 e. The zero-order chi connectivity index (χ0) is 18.1. The highest BCUT2D eigenvalue weighted by molar-refractivity contribution is 8.13. The molecular formula is C17H19N4O3S+. The topological polar surface area (TPSA) is 105 Å². The Morgan fingerprint density at radius 2 is 1.72 bits per heavy atom. The molecule has 1 aromatic carbocycles. The molecule has 130 valence electrons. The molecule has 0 unspecified atom stereocenters. The van der Waals surface area contributed by atoms with Crippen molar-refractivity contribution in [3.05, 3.63) is 60.4 Å². The number of aromatic nitrogens is 1. The number of hydrogen-bond donors (Lipinski definition) is 3. The summed E-state index contributed by atoms with van der Waals surface area (Å²) in [6.45, 7) is 0.864. The number of benzene rings is 1. The van der Waals surface area contributed by atoms with E-state index in [-0.39, 0.29) is 11.8 Å². The van der Waals surface area contributed by atoms with E-state index in [0.29, 0.717) is 23.5 Å². The van der Waals surface area contributed by atoms with E-state index in [0.717, 1.165) is 11.8 Å². The number of primary amides is 1. The maximum absolute atomic E-state index is 12.1. The molecule has 0 saturated heterocycles. The van der Waals surface area contributed by atoms with E-state index in [1.807, 2.05) is 35.2 Å². The van der Waals surface area contributed by atoms with Gasteiger partial charge in [0.05, 0.1) is 18.7 Å². The highest BCUT2D eigenvalue weighted by Crippen LogP contribution is 2.23. The molecule has 2 aromatic rings. The molecule has 0 spiro atoms. The van der Waals surface area contributed by atoms with Crippen LogP contribution in [0.5, 0.6) is 0 Å². The number of nitrogens with one attached hydrogen (secondary N) is 2. The Labute approximate surface area is 149 Å². The number of carbonyl (C=O) groups is 3. The van der Waals surface area contributed by atoms with Gasteiger partial charge in [-0.1, -0.05) is 18.2 Å². The normalized spacial score (nSPS) is 10.1. The lowest BCUT2D eigenvalue weighted by Crippen LogP contribution is -2.39. The Balaban J connectivity index is 1.89. The summed E-state index contributed by atoms with van der Waals surface area (Å²) >= 11 is 0.932. The van der Waals surface area contributed by atoms with Gasteiger partial charge in [-0.2, -0.15) is 0 Å². The third-order valence-corrected chi connectivity index (χ3v) is 4.08. The molecule has 4 N–H and O–H groups in total. The Morgan fingerprint density at radius 1 is 1.00 bits per heavy atom. The summed E-state index contributed by atoms with van der Waals surface area (Å²) in [6, 6.07) is 12.4. The van der Waals surface area contributed by atoms with Crippen molar-refractivity contribution in [3.63, 3.8) is 0 Å². The number of nitrogens with two attached hydrogens (primary N) is 1. The third kappa shape index (κ3) is 6.27. The van der Waals surface area contributed by atoms with Crippen molar-refractivity contribution in [3.8, 4) is 0 Å². The van der Waals surface area contributed by atoms with E-state index in [2.05, 4.69) is 10.6 Å². The summed E-state index contributed by atoms with van der Waals surface area (Å²) in [7, 11) is 0. The fourth-order valence-electron chi connectivity index (χ4n) is 2.01. The second-order valence-corrected chi connectivity index (χ2v) is 6.09. The SMILES string of the molecule is NC(=O)CNC(=O)c1ccccc1SC(=O)NCC[n+]1ccccc1. The van der Waals surface area contributed by atoms with Crippen molar-refractivity contribution in [2.24, 2.45) is 5.73 Å². The van der Waals surface area contributed by atoms with Crippen LogP contribution in [0.1, 0.15) is 10.4 Å². The number of thioether (sulfide) groups is 1. The molecule has 0 aliphatic carbocycles. The van der Waals surface area contributed by atoms with Gasteiger partial charge < -0.3 is 16.4 Å². The van der Waals surface area contributed by atoms with Crippen LogP contribution in [-0.4, -0.2) is 30.1 Å². The highest BCUT2D eigenvalue weighted by atomic mass is 32.2. The van der Waals surface area contributed by atoms with Crippen LogP contribution >= 0.6 is 11.8 Å². The molecule has 8 heteroatoms. The minimum Gasteiger partial charge on any atom is -0.368 e. The lowest BCUT2D eigenvalue weighted by atomic mass is 10.2. The molecule has 1 aromatic heterocycles. The first-order valence-corrected chi connectivity index (χ1v) is 8.43. The second kappa shape index (κ2) is 9.43. The van der Waals surface area contributed by atoms with Crippen LogP contribution in [-0.2, 0) is 11.3 Å². The molecule has 2 rings (SSSR count). The summed E-state index contributed by atoms with van der Waals surface area (Å²) in [6.07, 6.45) is 3.83. The molecule has 7 nitrogen and oxygen atoms in total.